The Labute approximate surface area is 174 Å². The van der Waals surface area contributed by atoms with Gasteiger partial charge in [0.05, 0.1) is 36.2 Å². The minimum absolute atomic E-state index is 0.111. The van der Waals surface area contributed by atoms with Crippen LogP contribution in [0.3, 0.4) is 0 Å². The lowest BCUT2D eigenvalue weighted by Gasteiger charge is -2.20. The maximum absolute atomic E-state index is 12.9. The van der Waals surface area contributed by atoms with Crippen LogP contribution >= 0.6 is 0 Å². The number of fused-ring (bicyclic) bond motifs is 2. The Hall–Kier alpha value is -3.11. The Kier molecular flexibility index (Phi) is 4.91. The van der Waals surface area contributed by atoms with E-state index < -0.39 is 21.5 Å². The Morgan fingerprint density at radius 2 is 2.00 bits per heavy atom. The largest absolute Gasteiger partial charge is 0.494 e. The number of anilines is 3. The summed E-state index contributed by atoms with van der Waals surface area (Å²) in [5, 5.41) is 8.85. The second kappa shape index (κ2) is 7.29. The van der Waals surface area contributed by atoms with Gasteiger partial charge in [-0.25, -0.2) is 8.42 Å². The number of methoxy groups -OCH3 is 1. The molecule has 2 heterocycles. The smallest absolute Gasteiger partial charge is 0.241 e. The number of nitrogens with one attached hydrogen (secondary N) is 4. The molecule has 2 atom stereocenters. The van der Waals surface area contributed by atoms with Gasteiger partial charge in [0.1, 0.15) is 5.75 Å². The van der Waals surface area contributed by atoms with Crippen LogP contribution < -0.4 is 25.4 Å². The summed E-state index contributed by atoms with van der Waals surface area (Å²) in [5.74, 6) is -0.0971. The second-order valence-corrected chi connectivity index (χ2v) is 9.25. The highest BCUT2D eigenvalue weighted by atomic mass is 32.2. The summed E-state index contributed by atoms with van der Waals surface area (Å²) in [5.41, 5.74) is 1.63. The van der Waals surface area contributed by atoms with Gasteiger partial charge < -0.3 is 20.7 Å². The molecule has 2 amide bonds. The Morgan fingerprint density at radius 1 is 1.23 bits per heavy atom. The highest BCUT2D eigenvalue weighted by Crippen LogP contribution is 2.43. The van der Waals surface area contributed by atoms with Crippen molar-refractivity contribution in [3.63, 3.8) is 0 Å². The molecule has 0 aromatic heterocycles. The normalized spacial score (nSPS) is 22.5. The predicted molar refractivity (Wildman–Crippen MR) is 113 cm³/mol. The van der Waals surface area contributed by atoms with Crippen molar-refractivity contribution >= 4 is 38.9 Å². The van der Waals surface area contributed by atoms with Gasteiger partial charge >= 0.3 is 0 Å². The number of benzene rings is 2. The first-order valence-corrected chi connectivity index (χ1v) is 11.2. The summed E-state index contributed by atoms with van der Waals surface area (Å²) < 4.78 is 30.5. The van der Waals surface area contributed by atoms with Gasteiger partial charge in [0.2, 0.25) is 21.8 Å². The van der Waals surface area contributed by atoms with Crippen molar-refractivity contribution in [1.82, 2.24) is 5.32 Å². The molecule has 30 heavy (non-hydrogen) atoms. The lowest BCUT2D eigenvalue weighted by atomic mass is 9.79. The molecule has 0 bridgehead atoms. The molecule has 4 rings (SSSR count). The Morgan fingerprint density at radius 3 is 2.73 bits per heavy atom. The van der Waals surface area contributed by atoms with Crippen LogP contribution in [-0.2, 0) is 25.0 Å². The van der Waals surface area contributed by atoms with Gasteiger partial charge in [0.15, 0.2) is 0 Å². The zero-order valence-electron chi connectivity index (χ0n) is 16.5. The van der Waals surface area contributed by atoms with Crippen LogP contribution in [0.4, 0.5) is 17.1 Å². The molecule has 2 aromatic rings. The molecular weight excluding hydrogens is 408 g/mol. The monoisotopic (exact) mass is 430 g/mol. The molecule has 4 N–H and O–H groups in total. The number of carbonyl (C=O) groups is 2. The summed E-state index contributed by atoms with van der Waals surface area (Å²) in [7, 11) is -2.01. The number of para-hydroxylation sites is 1. The second-order valence-electron chi connectivity index (χ2n) is 7.50. The topological polar surface area (TPSA) is 126 Å². The molecule has 0 aliphatic carbocycles. The summed E-state index contributed by atoms with van der Waals surface area (Å²) in [6, 6.07) is 11.5. The molecule has 0 radical (unpaired) electrons. The van der Waals surface area contributed by atoms with Gasteiger partial charge in [-0.1, -0.05) is 18.2 Å². The Balaban J connectivity index is 1.51. The van der Waals surface area contributed by atoms with Crippen LogP contribution in [-0.4, -0.2) is 46.2 Å². The van der Waals surface area contributed by atoms with E-state index in [0.29, 0.717) is 30.1 Å². The van der Waals surface area contributed by atoms with E-state index in [1.54, 1.807) is 6.07 Å². The number of sulfonamides is 1. The quantitative estimate of drug-likeness (QED) is 0.566. The average Bonchev–Trinajstić information content (AvgIpc) is 3.25. The summed E-state index contributed by atoms with van der Waals surface area (Å²) in [6.07, 6.45) is 1.38. The first kappa shape index (κ1) is 20.2. The van der Waals surface area contributed by atoms with Gasteiger partial charge in [-0.15, -0.1) is 0 Å². The zero-order valence-corrected chi connectivity index (χ0v) is 17.3. The molecule has 2 aliphatic rings. The molecule has 1 spiro atoms. The fourth-order valence-corrected chi connectivity index (χ4v) is 4.57. The first-order chi connectivity index (χ1) is 14.2. The molecule has 0 saturated carbocycles. The van der Waals surface area contributed by atoms with Crippen molar-refractivity contribution in [3.8, 4) is 5.75 Å². The third-order valence-electron chi connectivity index (χ3n) is 5.41. The van der Waals surface area contributed by atoms with Gasteiger partial charge in [-0.2, -0.15) is 0 Å². The average molecular weight is 430 g/mol. The standard InChI is InChI=1S/C20H22N4O5S/c1-29-17-9-12(24-30(2,27)28)7-8-15(17)22-18(25)16-10-20(11-21-16)13-5-3-4-6-14(13)23-19(20)26/h3-9,16,21,24H,10-11H2,1-2H3,(H,22,25)(H,23,26). The first-order valence-electron chi connectivity index (χ1n) is 9.33. The summed E-state index contributed by atoms with van der Waals surface area (Å²) in [4.78, 5) is 25.6. The number of amides is 2. The number of rotatable bonds is 5. The fourth-order valence-electron chi connectivity index (χ4n) is 4.02. The van der Waals surface area contributed by atoms with E-state index in [1.807, 2.05) is 24.3 Å². The molecule has 2 aromatic carbocycles. The molecular formula is C20H22N4O5S. The van der Waals surface area contributed by atoms with Crippen LogP contribution in [0, 0.1) is 0 Å². The highest BCUT2D eigenvalue weighted by Gasteiger charge is 2.52. The zero-order chi connectivity index (χ0) is 21.5. The van der Waals surface area contributed by atoms with Crippen LogP contribution in [0.5, 0.6) is 5.75 Å². The van der Waals surface area contributed by atoms with Gasteiger partial charge in [-0.05, 0) is 30.2 Å². The molecule has 2 unspecified atom stereocenters. The van der Waals surface area contributed by atoms with Crippen LogP contribution in [0.1, 0.15) is 12.0 Å². The highest BCUT2D eigenvalue weighted by molar-refractivity contribution is 7.92. The van der Waals surface area contributed by atoms with Crippen molar-refractivity contribution in [1.29, 1.82) is 0 Å². The van der Waals surface area contributed by atoms with Crippen molar-refractivity contribution in [2.75, 3.05) is 35.3 Å². The number of ether oxygens (including phenoxy) is 1. The number of carbonyl (C=O) groups excluding carboxylic acids is 2. The van der Waals surface area contributed by atoms with E-state index in [2.05, 4.69) is 20.7 Å². The van der Waals surface area contributed by atoms with Crippen molar-refractivity contribution in [2.24, 2.45) is 0 Å². The van der Waals surface area contributed by atoms with Crippen molar-refractivity contribution in [2.45, 2.75) is 17.9 Å². The van der Waals surface area contributed by atoms with Crippen LogP contribution in [0.15, 0.2) is 42.5 Å². The maximum atomic E-state index is 12.9. The minimum atomic E-state index is -3.43. The summed E-state index contributed by atoms with van der Waals surface area (Å²) >= 11 is 0. The fraction of sp³-hybridized carbons (Fsp3) is 0.300. The molecule has 1 saturated heterocycles. The van der Waals surface area contributed by atoms with Crippen LogP contribution in [0.2, 0.25) is 0 Å². The van der Waals surface area contributed by atoms with Crippen molar-refractivity contribution < 1.29 is 22.7 Å². The van der Waals surface area contributed by atoms with Gasteiger partial charge in [-0.3, -0.25) is 14.3 Å². The van der Waals surface area contributed by atoms with E-state index in [9.17, 15) is 18.0 Å². The SMILES string of the molecule is COc1cc(NS(C)(=O)=O)ccc1NC(=O)C1CC2(CN1)C(=O)Nc1ccccc12. The minimum Gasteiger partial charge on any atom is -0.494 e. The third-order valence-corrected chi connectivity index (χ3v) is 6.01. The summed E-state index contributed by atoms with van der Waals surface area (Å²) in [6.45, 7) is 0.363. The molecule has 2 aliphatic heterocycles. The molecule has 9 nitrogen and oxygen atoms in total. The Bertz CT molecular complexity index is 1130. The maximum Gasteiger partial charge on any atom is 0.241 e. The lowest BCUT2D eigenvalue weighted by Crippen LogP contribution is -2.36. The van der Waals surface area contributed by atoms with E-state index >= 15 is 0 Å². The van der Waals surface area contributed by atoms with E-state index in [0.717, 1.165) is 17.5 Å². The van der Waals surface area contributed by atoms with E-state index in [4.69, 9.17) is 4.74 Å². The third kappa shape index (κ3) is 3.59. The van der Waals surface area contributed by atoms with E-state index in [-0.39, 0.29) is 11.8 Å². The van der Waals surface area contributed by atoms with Crippen molar-refractivity contribution in [3.05, 3.63) is 48.0 Å². The number of hydrogen-bond donors (Lipinski definition) is 4. The van der Waals surface area contributed by atoms with Gasteiger partial charge in [0.25, 0.3) is 0 Å². The predicted octanol–water partition coefficient (Wildman–Crippen LogP) is 1.26. The van der Waals surface area contributed by atoms with Gasteiger partial charge in [0, 0.05) is 18.3 Å². The van der Waals surface area contributed by atoms with E-state index in [1.165, 1.54) is 19.2 Å². The lowest BCUT2D eigenvalue weighted by molar-refractivity contribution is -0.120. The molecule has 158 valence electrons. The molecule has 10 heteroatoms. The number of hydrogen-bond acceptors (Lipinski definition) is 6. The molecule has 1 fully saturated rings. The van der Waals surface area contributed by atoms with Crippen LogP contribution in [0.25, 0.3) is 0 Å².